The Kier molecular flexibility index (Phi) is 8.63. The topological polar surface area (TPSA) is 166 Å². The van der Waals surface area contributed by atoms with Crippen molar-refractivity contribution >= 4 is 17.9 Å². The number of carbonyl (C=O) groups excluding carboxylic acids is 1. The van der Waals surface area contributed by atoms with Crippen LogP contribution < -0.4 is 25.3 Å². The van der Waals surface area contributed by atoms with Crippen LogP contribution in [0, 0.1) is 17.8 Å². The van der Waals surface area contributed by atoms with Gasteiger partial charge in [0.15, 0.2) is 18.3 Å². The summed E-state index contributed by atoms with van der Waals surface area (Å²) >= 11 is 0. The minimum atomic E-state index is -0.652. The van der Waals surface area contributed by atoms with Gasteiger partial charge < -0.3 is 45.3 Å². The highest BCUT2D eigenvalue weighted by Gasteiger charge is 2.51. The second kappa shape index (κ2) is 13.6. The molecule has 0 unspecified atom stereocenters. The minimum absolute atomic E-state index is 0.00500. The van der Waals surface area contributed by atoms with E-state index < -0.39 is 24.8 Å². The van der Waals surface area contributed by atoms with Crippen LogP contribution in [0.2, 0.25) is 0 Å². The number of nitrogens with zero attached hydrogens (tertiary/aromatic N) is 1. The number of rotatable bonds is 5. The van der Waals surface area contributed by atoms with Crippen LogP contribution in [-0.4, -0.2) is 59.4 Å². The molecule has 55 heavy (non-hydrogen) atoms. The summed E-state index contributed by atoms with van der Waals surface area (Å²) in [7, 11) is 1.86. The third-order valence-corrected chi connectivity index (χ3v) is 12.1. The van der Waals surface area contributed by atoms with Gasteiger partial charge in [0.1, 0.15) is 48.1 Å². The molecule has 1 aromatic heterocycles. The molecule has 2 aliphatic carbocycles. The first-order valence-corrected chi connectivity index (χ1v) is 18.8. The number of anilines is 1. The van der Waals surface area contributed by atoms with Crippen molar-refractivity contribution < 1.29 is 39.1 Å². The number of pyridine rings is 1. The van der Waals surface area contributed by atoms with Crippen LogP contribution in [0.4, 0.5) is 5.82 Å². The monoisotopic (exact) mass is 741 g/mol. The van der Waals surface area contributed by atoms with E-state index in [4.69, 9.17) is 24.7 Å². The first kappa shape index (κ1) is 35.0. The molecule has 11 heteroatoms. The molecule has 3 aliphatic heterocycles. The van der Waals surface area contributed by atoms with E-state index in [-0.39, 0.29) is 41.9 Å². The number of hydrogen-bond acceptors (Lipinski definition) is 11. The third-order valence-electron chi connectivity index (χ3n) is 12.1. The van der Waals surface area contributed by atoms with Crippen molar-refractivity contribution in [2.45, 2.75) is 68.9 Å². The maximum Gasteiger partial charge on any atom is 0.302 e. The third kappa shape index (κ3) is 5.92. The number of esters is 1. The van der Waals surface area contributed by atoms with Gasteiger partial charge in [0, 0.05) is 52.6 Å². The second-order valence-electron chi connectivity index (χ2n) is 15.4. The Hall–Kier alpha value is -5.70. The fourth-order valence-corrected chi connectivity index (χ4v) is 9.78. The lowest BCUT2D eigenvalue weighted by atomic mass is 9.65. The molecule has 5 atom stereocenters. The van der Waals surface area contributed by atoms with Crippen LogP contribution in [0.1, 0.15) is 82.8 Å². The molecular formula is C44H43N3O8. The van der Waals surface area contributed by atoms with Crippen LogP contribution >= 0.6 is 0 Å². The Morgan fingerprint density at radius 3 is 2.82 bits per heavy atom. The van der Waals surface area contributed by atoms with Crippen LogP contribution in [0.3, 0.4) is 0 Å². The van der Waals surface area contributed by atoms with Crippen LogP contribution in [0.5, 0.6) is 28.7 Å². The fourth-order valence-electron chi connectivity index (χ4n) is 9.78. The van der Waals surface area contributed by atoms with Crippen LogP contribution in [0.25, 0.3) is 17.2 Å². The summed E-state index contributed by atoms with van der Waals surface area (Å²) < 4.78 is 25.2. The Balaban J connectivity index is 1.33. The number of nitrogens with one attached hydrogen (secondary N) is 1. The largest absolute Gasteiger partial charge is 0.508 e. The smallest absolute Gasteiger partial charge is 0.302 e. The number of phenols is 2. The van der Waals surface area contributed by atoms with Crippen molar-refractivity contribution in [3.8, 4) is 51.7 Å². The first-order chi connectivity index (χ1) is 26.7. The Labute approximate surface area is 319 Å². The van der Waals surface area contributed by atoms with Crippen molar-refractivity contribution in [3.05, 3.63) is 93.2 Å². The summed E-state index contributed by atoms with van der Waals surface area (Å²) in [6.07, 6.45) is 7.61. The van der Waals surface area contributed by atoms with Gasteiger partial charge in [-0.2, -0.15) is 0 Å². The number of benzene rings is 3. The first-order valence-electron chi connectivity index (χ1n) is 18.8. The number of aliphatic hydroxyl groups is 1. The highest BCUT2D eigenvalue weighted by Crippen LogP contribution is 2.63. The van der Waals surface area contributed by atoms with E-state index in [9.17, 15) is 20.1 Å². The molecule has 1 fully saturated rings. The van der Waals surface area contributed by atoms with Gasteiger partial charge in [-0.15, -0.1) is 0 Å². The molecule has 9 rings (SSSR count). The maximum atomic E-state index is 12.4. The molecule has 1 saturated carbocycles. The number of phenolic OH excluding ortho intramolecular Hbond substituents is 2. The lowest BCUT2D eigenvalue weighted by Crippen LogP contribution is -2.31. The number of aliphatic hydroxyl groups excluding tert-OH is 1. The average molecular weight is 742 g/mol. The number of carbonyl (C=O) groups is 1. The Bertz CT molecular complexity index is 2340. The fraction of sp³-hybridized carbons (Fsp3) is 0.364. The molecule has 4 heterocycles. The molecule has 1 spiro atoms. The van der Waals surface area contributed by atoms with E-state index in [0.717, 1.165) is 75.9 Å². The van der Waals surface area contributed by atoms with Gasteiger partial charge in [-0.1, -0.05) is 36.3 Å². The standard InChI is InChI=1S/C44H43N3O8/c1-23(49)52-21-33-30-9-10-31-38-27(15-29(50)17-36(38)54-22-48)19-44-13-12-24(18-44)14-25-6-11-37(45)47-34(25)5-3-4-26-16-35(51)41-32(8-7-28(46-2)20-53-41)39(26)42(33)55-43(30)40(31)44/h6-11,15-17,24,28,33,42,46,48,50-51H,4,12-14,18-22H2,1-2H3,(H2,45,47)/t24-,28-,33+,42+,44-/m1/s1. The van der Waals surface area contributed by atoms with E-state index >= 15 is 0 Å². The predicted molar refractivity (Wildman–Crippen MR) is 205 cm³/mol. The summed E-state index contributed by atoms with van der Waals surface area (Å²) in [5.41, 5.74) is 14.4. The summed E-state index contributed by atoms with van der Waals surface area (Å²) in [6, 6.07) is 12.9. The molecule has 3 aromatic carbocycles. The maximum absolute atomic E-state index is 12.4. The number of ether oxygens (including phenoxy) is 4. The van der Waals surface area contributed by atoms with Crippen LogP contribution in [0.15, 0.2) is 48.5 Å². The predicted octanol–water partition coefficient (Wildman–Crippen LogP) is 5.59. The normalized spacial score (nSPS) is 23.8. The quantitative estimate of drug-likeness (QED) is 0.0984. The summed E-state index contributed by atoms with van der Waals surface area (Å²) in [6.45, 7) is 1.22. The van der Waals surface area contributed by atoms with E-state index in [2.05, 4.69) is 28.2 Å². The molecule has 4 bridgehead atoms. The number of hydrogen-bond donors (Lipinski definition) is 5. The van der Waals surface area contributed by atoms with Crippen molar-refractivity contribution in [1.29, 1.82) is 0 Å². The van der Waals surface area contributed by atoms with Gasteiger partial charge in [0.05, 0.1) is 12.0 Å². The van der Waals surface area contributed by atoms with Gasteiger partial charge in [-0.3, -0.25) is 4.79 Å². The highest BCUT2D eigenvalue weighted by molar-refractivity contribution is 5.84. The number of aromatic hydroxyl groups is 2. The molecule has 0 amide bonds. The number of nitrogen functional groups attached to an aromatic ring is 1. The zero-order valence-electron chi connectivity index (χ0n) is 30.8. The van der Waals surface area contributed by atoms with E-state index in [1.807, 2.05) is 37.4 Å². The van der Waals surface area contributed by atoms with Crippen molar-refractivity contribution in [2.75, 3.05) is 32.8 Å². The molecule has 0 radical (unpaired) electrons. The second-order valence-corrected chi connectivity index (χ2v) is 15.4. The number of likely N-dealkylation sites (N-methyl/N-ethyl adjacent to an activating group) is 1. The van der Waals surface area contributed by atoms with Gasteiger partial charge >= 0.3 is 5.97 Å². The molecule has 0 saturated heterocycles. The van der Waals surface area contributed by atoms with Crippen molar-refractivity contribution in [2.24, 2.45) is 5.92 Å². The highest BCUT2D eigenvalue weighted by atomic mass is 16.6. The summed E-state index contributed by atoms with van der Waals surface area (Å²) in [4.78, 5) is 17.1. The molecule has 5 aliphatic rings. The van der Waals surface area contributed by atoms with E-state index in [1.165, 1.54) is 6.92 Å². The van der Waals surface area contributed by atoms with Crippen LogP contribution in [-0.2, 0) is 34.2 Å². The van der Waals surface area contributed by atoms with Gasteiger partial charge in [-0.25, -0.2) is 4.98 Å². The zero-order chi connectivity index (χ0) is 38.0. The molecule has 4 aromatic rings. The average Bonchev–Trinajstić information content (AvgIpc) is 3.63. The van der Waals surface area contributed by atoms with Crippen molar-refractivity contribution in [1.82, 2.24) is 10.3 Å². The summed E-state index contributed by atoms with van der Waals surface area (Å²) in [5.74, 6) is 8.09. The lowest BCUT2D eigenvalue weighted by Gasteiger charge is -2.39. The van der Waals surface area contributed by atoms with Gasteiger partial charge in [-0.05, 0) is 91.4 Å². The lowest BCUT2D eigenvalue weighted by molar-refractivity contribution is -0.141. The van der Waals surface area contributed by atoms with Gasteiger partial charge in [0.25, 0.3) is 0 Å². The SMILES string of the molecule is CN[C@@H]1C=Cc2c(c(O)cc3c2[C@H]2Oc4c(ccc5c4[C@@]4(CC[C@H](Cc6ccc(N)nc6C#CC3)C4)Cc3cc(O)cc(OCO)c3-5)[C@@H]2COC(C)=O)OC1. The molecular weight excluding hydrogens is 698 g/mol. The Morgan fingerprint density at radius 1 is 1.13 bits per heavy atom. The van der Waals surface area contributed by atoms with Crippen molar-refractivity contribution in [3.63, 3.8) is 0 Å². The number of nitrogens with two attached hydrogens (primary N) is 1. The number of aromatic nitrogens is 1. The van der Waals surface area contributed by atoms with E-state index in [0.29, 0.717) is 41.6 Å². The summed E-state index contributed by atoms with van der Waals surface area (Å²) in [5, 5.41) is 35.5. The molecule has 282 valence electrons. The minimum Gasteiger partial charge on any atom is -0.508 e. The van der Waals surface area contributed by atoms with E-state index in [1.54, 1.807) is 18.2 Å². The van der Waals surface area contributed by atoms with Gasteiger partial charge in [0.2, 0.25) is 0 Å². The number of fused-ring (bicyclic) bond motifs is 9. The zero-order valence-corrected chi connectivity index (χ0v) is 30.8. The molecule has 6 N–H and O–H groups in total. The Morgan fingerprint density at radius 2 is 2.00 bits per heavy atom. The molecule has 11 nitrogen and oxygen atoms in total.